The first-order valence-corrected chi connectivity index (χ1v) is 9.72. The van der Waals surface area contributed by atoms with Crippen molar-refractivity contribution in [3.63, 3.8) is 0 Å². The molecule has 4 nitrogen and oxygen atoms in total. The second-order valence-electron chi connectivity index (χ2n) is 7.51. The van der Waals surface area contributed by atoms with Crippen molar-refractivity contribution in [1.29, 1.82) is 0 Å². The Balaban J connectivity index is 2.16. The van der Waals surface area contributed by atoms with Crippen molar-refractivity contribution >= 4 is 5.91 Å². The molecule has 1 atom stereocenters. The number of halogens is 2. The van der Waals surface area contributed by atoms with Gasteiger partial charge >= 0.3 is 0 Å². The third kappa shape index (κ3) is 5.06. The third-order valence-electron chi connectivity index (χ3n) is 5.50. The van der Waals surface area contributed by atoms with E-state index in [4.69, 9.17) is 5.73 Å². The maximum absolute atomic E-state index is 14.7. The van der Waals surface area contributed by atoms with E-state index in [9.17, 15) is 13.6 Å². The van der Waals surface area contributed by atoms with Gasteiger partial charge in [-0.15, -0.1) is 0 Å². The summed E-state index contributed by atoms with van der Waals surface area (Å²) in [4.78, 5) is 12.5. The van der Waals surface area contributed by atoms with Crippen LogP contribution in [-0.2, 0) is 16.6 Å². The van der Waals surface area contributed by atoms with Crippen LogP contribution in [0.2, 0.25) is 0 Å². The summed E-state index contributed by atoms with van der Waals surface area (Å²) in [5.74, 6) is -1.18. The molecule has 1 amide bonds. The highest BCUT2D eigenvalue weighted by molar-refractivity contribution is 5.94. The Kier molecular flexibility index (Phi) is 7.36. The van der Waals surface area contributed by atoms with Crippen molar-refractivity contribution in [2.45, 2.75) is 58.3 Å². The Bertz CT molecular complexity index is 718. The average molecular weight is 379 g/mol. The van der Waals surface area contributed by atoms with Crippen LogP contribution in [0.5, 0.6) is 0 Å². The molecule has 1 heterocycles. The molecule has 150 valence electrons. The minimum atomic E-state index is -0.570. The van der Waals surface area contributed by atoms with Crippen molar-refractivity contribution in [2.24, 2.45) is 5.73 Å². The summed E-state index contributed by atoms with van der Waals surface area (Å²) in [5, 5.41) is 6.17. The van der Waals surface area contributed by atoms with E-state index in [-0.39, 0.29) is 5.91 Å². The monoisotopic (exact) mass is 379 g/mol. The molecular formula is C21H31F2N3O. The van der Waals surface area contributed by atoms with Crippen LogP contribution in [0.4, 0.5) is 8.78 Å². The molecule has 2 rings (SSSR count). The number of allylic oxidation sites excluding steroid dienone is 1. The number of rotatable bonds is 8. The normalized spacial score (nSPS) is 16.7. The lowest BCUT2D eigenvalue weighted by atomic mass is 9.74. The fraction of sp³-hybridized carbons (Fsp3) is 0.571. The Morgan fingerprint density at radius 2 is 2.07 bits per heavy atom. The molecule has 1 aliphatic heterocycles. The molecule has 0 fully saturated rings. The molecule has 0 radical (unpaired) electrons. The fourth-order valence-corrected chi connectivity index (χ4v) is 3.95. The summed E-state index contributed by atoms with van der Waals surface area (Å²) < 4.78 is 28.3. The zero-order chi connectivity index (χ0) is 20.0. The lowest BCUT2D eigenvalue weighted by Crippen LogP contribution is -2.36. The van der Waals surface area contributed by atoms with Crippen LogP contribution in [0.1, 0.15) is 57.6 Å². The van der Waals surface area contributed by atoms with E-state index in [2.05, 4.69) is 10.6 Å². The standard InChI is InChI=1S/C21H31F2N3O/c1-4-15-12-16(22)13-18(23)19(15)21(3,7-9-24)8-11-26-20(27)17-6-5-10-25-14(17)2/h12-13,25H,4-11,24H2,1-3H3,(H,26,27). The Morgan fingerprint density at radius 3 is 2.70 bits per heavy atom. The van der Waals surface area contributed by atoms with Gasteiger partial charge in [0.05, 0.1) is 0 Å². The first-order valence-electron chi connectivity index (χ1n) is 9.72. The van der Waals surface area contributed by atoms with Crippen LogP contribution in [0, 0.1) is 11.6 Å². The number of nitrogens with one attached hydrogen (secondary N) is 2. The molecule has 0 aromatic heterocycles. The van der Waals surface area contributed by atoms with Gasteiger partial charge < -0.3 is 16.4 Å². The van der Waals surface area contributed by atoms with Gasteiger partial charge in [-0.3, -0.25) is 4.79 Å². The van der Waals surface area contributed by atoms with Gasteiger partial charge in [0.1, 0.15) is 11.6 Å². The molecule has 1 aromatic rings. The number of benzene rings is 1. The molecule has 4 N–H and O–H groups in total. The molecule has 1 unspecified atom stereocenters. The third-order valence-corrected chi connectivity index (χ3v) is 5.50. The highest BCUT2D eigenvalue weighted by Gasteiger charge is 2.31. The molecule has 0 saturated heterocycles. The first-order chi connectivity index (χ1) is 12.8. The van der Waals surface area contributed by atoms with E-state index >= 15 is 0 Å². The molecular weight excluding hydrogens is 348 g/mol. The zero-order valence-corrected chi connectivity index (χ0v) is 16.6. The molecule has 6 heteroatoms. The van der Waals surface area contributed by atoms with E-state index in [1.165, 1.54) is 6.07 Å². The summed E-state index contributed by atoms with van der Waals surface area (Å²) in [6.45, 7) is 7.42. The van der Waals surface area contributed by atoms with E-state index < -0.39 is 17.0 Å². The van der Waals surface area contributed by atoms with Crippen LogP contribution in [0.15, 0.2) is 23.4 Å². The van der Waals surface area contributed by atoms with E-state index in [0.717, 1.165) is 36.7 Å². The van der Waals surface area contributed by atoms with Crippen molar-refractivity contribution in [3.8, 4) is 0 Å². The lowest BCUT2D eigenvalue weighted by Gasteiger charge is -2.32. The Morgan fingerprint density at radius 1 is 1.33 bits per heavy atom. The van der Waals surface area contributed by atoms with E-state index in [0.29, 0.717) is 43.5 Å². The molecule has 1 aromatic carbocycles. The minimum absolute atomic E-state index is 0.0786. The fourth-order valence-electron chi connectivity index (χ4n) is 3.95. The number of amides is 1. The van der Waals surface area contributed by atoms with Crippen LogP contribution in [-0.4, -0.2) is 25.5 Å². The summed E-state index contributed by atoms with van der Waals surface area (Å²) in [6, 6.07) is 2.33. The molecule has 27 heavy (non-hydrogen) atoms. The SMILES string of the molecule is CCc1cc(F)cc(F)c1C(C)(CCN)CCNC(=O)C1=C(C)NCCC1. The second kappa shape index (κ2) is 9.31. The Hall–Kier alpha value is -1.95. The quantitative estimate of drug-likeness (QED) is 0.649. The number of hydrogen-bond acceptors (Lipinski definition) is 3. The Labute approximate surface area is 160 Å². The maximum atomic E-state index is 14.7. The smallest absolute Gasteiger partial charge is 0.248 e. The number of carbonyl (C=O) groups excluding carboxylic acids is 1. The van der Waals surface area contributed by atoms with Crippen LogP contribution >= 0.6 is 0 Å². The minimum Gasteiger partial charge on any atom is -0.388 e. The van der Waals surface area contributed by atoms with Crippen LogP contribution < -0.4 is 16.4 Å². The van der Waals surface area contributed by atoms with Gasteiger partial charge in [0.15, 0.2) is 0 Å². The van der Waals surface area contributed by atoms with E-state index in [1.54, 1.807) is 0 Å². The van der Waals surface area contributed by atoms with E-state index in [1.807, 2.05) is 20.8 Å². The molecule has 0 aliphatic carbocycles. The summed E-state index contributed by atoms with van der Waals surface area (Å²) in [7, 11) is 0. The summed E-state index contributed by atoms with van der Waals surface area (Å²) >= 11 is 0. The van der Waals surface area contributed by atoms with Gasteiger partial charge in [-0.1, -0.05) is 13.8 Å². The molecule has 0 spiro atoms. The highest BCUT2D eigenvalue weighted by Crippen LogP contribution is 2.36. The summed E-state index contributed by atoms with van der Waals surface area (Å²) in [6.07, 6.45) is 3.32. The average Bonchev–Trinajstić information content (AvgIpc) is 2.61. The predicted molar refractivity (Wildman–Crippen MR) is 104 cm³/mol. The molecule has 0 saturated carbocycles. The lowest BCUT2D eigenvalue weighted by molar-refractivity contribution is -0.117. The van der Waals surface area contributed by atoms with Gasteiger partial charge in [-0.2, -0.15) is 0 Å². The van der Waals surface area contributed by atoms with Crippen LogP contribution in [0.3, 0.4) is 0 Å². The number of nitrogens with two attached hydrogens (primary N) is 1. The molecule has 0 bridgehead atoms. The topological polar surface area (TPSA) is 67.1 Å². The second-order valence-corrected chi connectivity index (χ2v) is 7.51. The van der Waals surface area contributed by atoms with Gasteiger partial charge in [-0.05, 0) is 68.2 Å². The zero-order valence-electron chi connectivity index (χ0n) is 16.6. The van der Waals surface area contributed by atoms with Gasteiger partial charge in [-0.25, -0.2) is 8.78 Å². The van der Waals surface area contributed by atoms with Crippen molar-refractivity contribution < 1.29 is 13.6 Å². The predicted octanol–water partition coefficient (Wildman–Crippen LogP) is 3.30. The van der Waals surface area contributed by atoms with Gasteiger partial charge in [0, 0.05) is 30.4 Å². The molecule has 1 aliphatic rings. The number of carbonyl (C=O) groups is 1. The van der Waals surface area contributed by atoms with Crippen LogP contribution in [0.25, 0.3) is 0 Å². The number of aryl methyl sites for hydroxylation is 1. The summed E-state index contributed by atoms with van der Waals surface area (Å²) in [5.41, 5.74) is 8.09. The van der Waals surface area contributed by atoms with Gasteiger partial charge in [0.2, 0.25) is 5.91 Å². The highest BCUT2D eigenvalue weighted by atomic mass is 19.1. The van der Waals surface area contributed by atoms with Crippen molar-refractivity contribution in [1.82, 2.24) is 10.6 Å². The first kappa shape index (κ1) is 21.4. The number of hydrogen-bond donors (Lipinski definition) is 3. The van der Waals surface area contributed by atoms with Crippen molar-refractivity contribution in [3.05, 3.63) is 46.2 Å². The largest absolute Gasteiger partial charge is 0.388 e. The van der Waals surface area contributed by atoms with Gasteiger partial charge in [0.25, 0.3) is 0 Å². The maximum Gasteiger partial charge on any atom is 0.248 e. The van der Waals surface area contributed by atoms with Crippen molar-refractivity contribution in [2.75, 3.05) is 19.6 Å².